The van der Waals surface area contributed by atoms with Crippen molar-refractivity contribution >= 4 is 16.8 Å². The van der Waals surface area contributed by atoms with Crippen LogP contribution in [0.5, 0.6) is 5.75 Å². The van der Waals surface area contributed by atoms with Crippen LogP contribution < -0.4 is 15.9 Å². The Labute approximate surface area is 130 Å². The van der Waals surface area contributed by atoms with Crippen molar-refractivity contribution in [2.24, 2.45) is 5.73 Å². The van der Waals surface area contributed by atoms with E-state index in [4.69, 9.17) is 10.5 Å². The summed E-state index contributed by atoms with van der Waals surface area (Å²) in [6.07, 6.45) is 1.88. The second kappa shape index (κ2) is 4.95. The number of carbonyl (C=O) groups is 1. The first-order chi connectivity index (χ1) is 11.1. The van der Waals surface area contributed by atoms with Gasteiger partial charge in [0.05, 0.1) is 16.6 Å². The maximum atomic E-state index is 12.4. The predicted molar refractivity (Wildman–Crippen MR) is 84.4 cm³/mol. The van der Waals surface area contributed by atoms with Crippen LogP contribution in [-0.4, -0.2) is 15.9 Å². The zero-order valence-electron chi connectivity index (χ0n) is 12.1. The van der Waals surface area contributed by atoms with Crippen molar-refractivity contribution in [3.05, 3.63) is 69.8 Å². The van der Waals surface area contributed by atoms with Gasteiger partial charge in [0.1, 0.15) is 17.5 Å². The first kappa shape index (κ1) is 13.5. The minimum atomic E-state index is -0.724. The number of pyridine rings is 2. The third-order valence-corrected chi connectivity index (χ3v) is 3.99. The van der Waals surface area contributed by atoms with Crippen LogP contribution in [-0.2, 0) is 6.42 Å². The van der Waals surface area contributed by atoms with Gasteiger partial charge >= 0.3 is 0 Å². The minimum Gasteiger partial charge on any atom is -0.484 e. The molecule has 4 rings (SSSR count). The van der Waals surface area contributed by atoms with Crippen molar-refractivity contribution in [3.63, 3.8) is 0 Å². The topological polar surface area (TPSA) is 98.1 Å². The lowest BCUT2D eigenvalue weighted by Gasteiger charge is -2.12. The van der Waals surface area contributed by atoms with Gasteiger partial charge in [-0.05, 0) is 17.7 Å². The van der Waals surface area contributed by atoms with E-state index < -0.39 is 5.91 Å². The lowest BCUT2D eigenvalue weighted by atomic mass is 10.1. The highest BCUT2D eigenvalue weighted by molar-refractivity contribution is 6.03. The van der Waals surface area contributed by atoms with E-state index in [0.29, 0.717) is 17.6 Å². The summed E-state index contributed by atoms with van der Waals surface area (Å²) in [4.78, 5) is 30.9. The van der Waals surface area contributed by atoms with E-state index >= 15 is 0 Å². The van der Waals surface area contributed by atoms with Gasteiger partial charge in [-0.2, -0.15) is 0 Å². The summed E-state index contributed by atoms with van der Waals surface area (Å²) in [7, 11) is 0. The van der Waals surface area contributed by atoms with E-state index in [1.807, 2.05) is 24.3 Å². The number of para-hydroxylation sites is 1. The standard InChI is InChI=1S/C17H13N3O3/c18-17(22)16-15-10(5-6-19-16)20-11(8-12(15)21)14-7-9-3-1-2-4-13(9)23-14/h1-6,8,14H,7H2,(H2,18,22)(H,20,21). The molecule has 6 nitrogen and oxygen atoms in total. The van der Waals surface area contributed by atoms with Crippen LogP contribution in [0, 0.1) is 0 Å². The maximum absolute atomic E-state index is 12.4. The maximum Gasteiger partial charge on any atom is 0.268 e. The van der Waals surface area contributed by atoms with E-state index in [-0.39, 0.29) is 22.6 Å². The number of benzene rings is 1. The lowest BCUT2D eigenvalue weighted by molar-refractivity contribution is 0.0997. The van der Waals surface area contributed by atoms with Crippen molar-refractivity contribution < 1.29 is 9.53 Å². The molecule has 1 aromatic carbocycles. The summed E-state index contributed by atoms with van der Waals surface area (Å²) in [5, 5.41) is 0.208. The number of rotatable bonds is 2. The number of nitrogens with zero attached hydrogens (tertiary/aromatic N) is 1. The number of hydrogen-bond donors (Lipinski definition) is 2. The smallest absolute Gasteiger partial charge is 0.268 e. The molecule has 3 N–H and O–H groups in total. The summed E-state index contributed by atoms with van der Waals surface area (Å²) in [6.45, 7) is 0. The van der Waals surface area contributed by atoms with Gasteiger partial charge < -0.3 is 15.5 Å². The Kier molecular flexibility index (Phi) is 2.90. The number of amides is 1. The van der Waals surface area contributed by atoms with E-state index in [1.165, 1.54) is 12.3 Å². The third-order valence-electron chi connectivity index (χ3n) is 3.99. The molecule has 1 aliphatic rings. The summed E-state index contributed by atoms with van der Waals surface area (Å²) >= 11 is 0. The first-order valence-corrected chi connectivity index (χ1v) is 7.20. The fraction of sp³-hybridized carbons (Fsp3) is 0.118. The number of aromatic nitrogens is 2. The molecular formula is C17H13N3O3. The highest BCUT2D eigenvalue weighted by Crippen LogP contribution is 2.35. The molecule has 0 spiro atoms. The van der Waals surface area contributed by atoms with Gasteiger partial charge in [0.25, 0.3) is 5.91 Å². The van der Waals surface area contributed by atoms with Crippen molar-refractivity contribution in [2.75, 3.05) is 0 Å². The molecule has 0 radical (unpaired) electrons. The SMILES string of the molecule is NC(=O)c1nccc2[nH]c(C3Cc4ccccc4O3)cc(=O)c12. The Morgan fingerprint density at radius 2 is 2.13 bits per heavy atom. The predicted octanol–water partition coefficient (Wildman–Crippen LogP) is 1.70. The molecule has 0 saturated carbocycles. The van der Waals surface area contributed by atoms with Crippen molar-refractivity contribution in [1.29, 1.82) is 0 Å². The molecule has 1 amide bonds. The van der Waals surface area contributed by atoms with Gasteiger partial charge in [-0.15, -0.1) is 0 Å². The fourth-order valence-electron chi connectivity index (χ4n) is 2.94. The molecule has 0 aliphatic carbocycles. The van der Waals surface area contributed by atoms with E-state index in [9.17, 15) is 9.59 Å². The quantitative estimate of drug-likeness (QED) is 0.753. The highest BCUT2D eigenvalue weighted by Gasteiger charge is 2.25. The normalized spacial score (nSPS) is 16.1. The molecule has 0 saturated heterocycles. The number of hydrogen-bond acceptors (Lipinski definition) is 4. The monoisotopic (exact) mass is 307 g/mol. The first-order valence-electron chi connectivity index (χ1n) is 7.20. The molecule has 1 aliphatic heterocycles. The summed E-state index contributed by atoms with van der Waals surface area (Å²) in [5.74, 6) is 0.101. The fourth-order valence-corrected chi connectivity index (χ4v) is 2.94. The molecule has 114 valence electrons. The molecule has 3 aromatic rings. The number of aromatic amines is 1. The molecule has 1 unspecified atom stereocenters. The molecule has 1 atom stereocenters. The lowest BCUT2D eigenvalue weighted by Crippen LogP contribution is -2.19. The van der Waals surface area contributed by atoms with Crippen LogP contribution in [0.15, 0.2) is 47.4 Å². The number of carbonyl (C=O) groups excluding carboxylic acids is 1. The number of H-pyrrole nitrogens is 1. The van der Waals surface area contributed by atoms with Crippen molar-refractivity contribution in [3.8, 4) is 5.75 Å². The second-order valence-electron chi connectivity index (χ2n) is 5.45. The Morgan fingerprint density at radius 3 is 2.91 bits per heavy atom. The molecule has 3 heterocycles. The Balaban J connectivity index is 1.82. The van der Waals surface area contributed by atoms with Gasteiger partial charge in [0.2, 0.25) is 0 Å². The Hall–Kier alpha value is -3.15. The van der Waals surface area contributed by atoms with Crippen LogP contribution in [0.25, 0.3) is 10.9 Å². The van der Waals surface area contributed by atoms with E-state index in [2.05, 4.69) is 9.97 Å². The van der Waals surface area contributed by atoms with Gasteiger partial charge in [0.15, 0.2) is 5.43 Å². The van der Waals surface area contributed by atoms with Gasteiger partial charge in [-0.3, -0.25) is 14.6 Å². The average molecular weight is 307 g/mol. The zero-order chi connectivity index (χ0) is 16.0. The van der Waals surface area contributed by atoms with Crippen LogP contribution in [0.4, 0.5) is 0 Å². The second-order valence-corrected chi connectivity index (χ2v) is 5.45. The Bertz CT molecular complexity index is 969. The highest BCUT2D eigenvalue weighted by atomic mass is 16.5. The number of nitrogens with one attached hydrogen (secondary N) is 1. The molecule has 0 bridgehead atoms. The summed E-state index contributed by atoms with van der Waals surface area (Å²) in [5.41, 5.74) is 7.26. The van der Waals surface area contributed by atoms with Gasteiger partial charge in [-0.25, -0.2) is 0 Å². The number of nitrogens with two attached hydrogens (primary N) is 1. The van der Waals surface area contributed by atoms with E-state index in [1.54, 1.807) is 6.07 Å². The molecule has 2 aromatic heterocycles. The van der Waals surface area contributed by atoms with Crippen LogP contribution in [0.3, 0.4) is 0 Å². The van der Waals surface area contributed by atoms with E-state index in [0.717, 1.165) is 11.3 Å². The summed E-state index contributed by atoms with van der Waals surface area (Å²) in [6, 6.07) is 10.9. The van der Waals surface area contributed by atoms with Crippen LogP contribution >= 0.6 is 0 Å². The summed E-state index contributed by atoms with van der Waals surface area (Å²) < 4.78 is 5.90. The van der Waals surface area contributed by atoms with Gasteiger partial charge in [0, 0.05) is 18.7 Å². The largest absolute Gasteiger partial charge is 0.484 e. The minimum absolute atomic E-state index is 0.0223. The number of primary amides is 1. The molecule has 0 fully saturated rings. The number of fused-ring (bicyclic) bond motifs is 2. The molecular weight excluding hydrogens is 294 g/mol. The Morgan fingerprint density at radius 1 is 1.30 bits per heavy atom. The van der Waals surface area contributed by atoms with Crippen LogP contribution in [0.1, 0.15) is 27.8 Å². The average Bonchev–Trinajstić information content (AvgIpc) is 2.98. The third kappa shape index (κ3) is 2.15. The zero-order valence-corrected chi connectivity index (χ0v) is 12.1. The van der Waals surface area contributed by atoms with Gasteiger partial charge in [-0.1, -0.05) is 18.2 Å². The van der Waals surface area contributed by atoms with Crippen molar-refractivity contribution in [2.45, 2.75) is 12.5 Å². The molecule has 6 heteroatoms. The van der Waals surface area contributed by atoms with Crippen LogP contribution in [0.2, 0.25) is 0 Å². The number of ether oxygens (including phenoxy) is 1. The molecule has 23 heavy (non-hydrogen) atoms. The van der Waals surface area contributed by atoms with Crippen molar-refractivity contribution in [1.82, 2.24) is 9.97 Å².